The predicted molar refractivity (Wildman–Crippen MR) is 72.7 cm³/mol. The van der Waals surface area contributed by atoms with Crippen LogP contribution in [-0.2, 0) is 6.54 Å². The highest BCUT2D eigenvalue weighted by molar-refractivity contribution is 5.08. The molecule has 0 fully saturated rings. The lowest BCUT2D eigenvalue weighted by Gasteiger charge is -2.20. The Balaban J connectivity index is 2.46. The van der Waals surface area contributed by atoms with Crippen LogP contribution in [0.1, 0.15) is 26.5 Å². The minimum absolute atomic E-state index is 0.0729. The van der Waals surface area contributed by atoms with Crippen molar-refractivity contribution in [1.29, 1.82) is 0 Å². The van der Waals surface area contributed by atoms with Crippen molar-refractivity contribution in [3.8, 4) is 5.88 Å². The van der Waals surface area contributed by atoms with Gasteiger partial charge in [0.15, 0.2) is 0 Å². The van der Waals surface area contributed by atoms with Crippen molar-refractivity contribution in [2.45, 2.75) is 32.9 Å². The van der Waals surface area contributed by atoms with E-state index in [-0.39, 0.29) is 5.54 Å². The predicted octanol–water partition coefficient (Wildman–Crippen LogP) is 1.31. The Labute approximate surface area is 110 Å². The van der Waals surface area contributed by atoms with Gasteiger partial charge in [-0.05, 0) is 34.9 Å². The van der Waals surface area contributed by atoms with Gasteiger partial charge in [-0.1, -0.05) is 0 Å². The summed E-state index contributed by atoms with van der Waals surface area (Å²) in [5.74, 6) is 0.588. The van der Waals surface area contributed by atoms with Crippen LogP contribution < -0.4 is 10.1 Å². The third-order valence-electron chi connectivity index (χ3n) is 2.25. The Kier molecular flexibility index (Phi) is 5.50. The van der Waals surface area contributed by atoms with Crippen LogP contribution in [0.25, 0.3) is 0 Å². The minimum Gasteiger partial charge on any atom is -0.475 e. The van der Waals surface area contributed by atoms with E-state index in [2.05, 4.69) is 41.0 Å². The molecule has 0 saturated carbocycles. The third-order valence-corrected chi connectivity index (χ3v) is 2.25. The molecule has 0 saturated heterocycles. The van der Waals surface area contributed by atoms with Gasteiger partial charge in [0.05, 0.1) is 11.9 Å². The van der Waals surface area contributed by atoms with Gasteiger partial charge in [0.1, 0.15) is 6.61 Å². The van der Waals surface area contributed by atoms with E-state index < -0.39 is 0 Å². The Morgan fingerprint density at radius 1 is 1.28 bits per heavy atom. The van der Waals surface area contributed by atoms with Gasteiger partial charge in [0, 0.05) is 24.8 Å². The molecule has 1 N–H and O–H groups in total. The van der Waals surface area contributed by atoms with Crippen molar-refractivity contribution < 1.29 is 4.74 Å². The fourth-order valence-corrected chi connectivity index (χ4v) is 1.23. The average molecular weight is 252 g/mol. The molecule has 1 aromatic rings. The summed E-state index contributed by atoms with van der Waals surface area (Å²) in [5.41, 5.74) is 0.969. The molecular formula is C13H24N4O. The Hall–Kier alpha value is -1.20. The van der Waals surface area contributed by atoms with Crippen LogP contribution in [0, 0.1) is 0 Å². The van der Waals surface area contributed by atoms with Crippen LogP contribution in [0.15, 0.2) is 12.4 Å². The van der Waals surface area contributed by atoms with Crippen LogP contribution in [0.4, 0.5) is 0 Å². The first-order valence-electron chi connectivity index (χ1n) is 6.20. The van der Waals surface area contributed by atoms with Gasteiger partial charge in [0.2, 0.25) is 5.88 Å². The number of hydrogen-bond donors (Lipinski definition) is 1. The maximum absolute atomic E-state index is 5.55. The van der Waals surface area contributed by atoms with Crippen LogP contribution in [0.5, 0.6) is 5.88 Å². The first kappa shape index (κ1) is 14.9. The zero-order valence-electron chi connectivity index (χ0n) is 12.0. The van der Waals surface area contributed by atoms with E-state index in [0.717, 1.165) is 12.2 Å². The monoisotopic (exact) mass is 252 g/mol. The van der Waals surface area contributed by atoms with Crippen molar-refractivity contribution in [2.75, 3.05) is 27.2 Å². The maximum atomic E-state index is 5.55. The molecule has 5 nitrogen and oxygen atoms in total. The number of ether oxygens (including phenoxy) is 1. The smallest absolute Gasteiger partial charge is 0.232 e. The normalized spacial score (nSPS) is 11.9. The Bertz CT molecular complexity index is 360. The van der Waals surface area contributed by atoms with E-state index in [1.54, 1.807) is 12.4 Å². The zero-order valence-corrected chi connectivity index (χ0v) is 12.0. The van der Waals surface area contributed by atoms with Gasteiger partial charge in [-0.2, -0.15) is 0 Å². The minimum atomic E-state index is 0.0729. The molecule has 102 valence electrons. The fourth-order valence-electron chi connectivity index (χ4n) is 1.23. The molecule has 0 aliphatic carbocycles. The molecule has 0 unspecified atom stereocenters. The van der Waals surface area contributed by atoms with E-state index in [9.17, 15) is 0 Å². The summed E-state index contributed by atoms with van der Waals surface area (Å²) in [4.78, 5) is 10.6. The molecule has 0 radical (unpaired) electrons. The molecule has 18 heavy (non-hydrogen) atoms. The molecule has 0 atom stereocenters. The fraction of sp³-hybridized carbons (Fsp3) is 0.692. The first-order valence-corrected chi connectivity index (χ1v) is 6.20. The summed E-state index contributed by atoms with van der Waals surface area (Å²) < 4.78 is 5.55. The SMILES string of the molecule is CN(C)CCOc1cncc(CNC(C)(C)C)n1. The highest BCUT2D eigenvalue weighted by atomic mass is 16.5. The number of nitrogens with zero attached hydrogens (tertiary/aromatic N) is 3. The summed E-state index contributed by atoms with van der Waals surface area (Å²) >= 11 is 0. The molecule has 0 bridgehead atoms. The van der Waals surface area contributed by atoms with Crippen LogP contribution in [0.2, 0.25) is 0 Å². The van der Waals surface area contributed by atoms with Gasteiger partial charge in [-0.3, -0.25) is 4.98 Å². The second-order valence-electron chi connectivity index (χ2n) is 5.60. The number of hydrogen-bond acceptors (Lipinski definition) is 5. The molecule has 0 aromatic carbocycles. The molecule has 1 aromatic heterocycles. The van der Waals surface area contributed by atoms with E-state index in [1.165, 1.54) is 0 Å². The molecule has 5 heteroatoms. The molecular weight excluding hydrogens is 228 g/mol. The largest absolute Gasteiger partial charge is 0.475 e. The molecule has 0 amide bonds. The molecule has 0 spiro atoms. The second kappa shape index (κ2) is 6.66. The van der Waals surface area contributed by atoms with Crippen LogP contribution in [0.3, 0.4) is 0 Å². The molecule has 1 heterocycles. The zero-order chi connectivity index (χ0) is 13.6. The van der Waals surface area contributed by atoms with Gasteiger partial charge >= 0.3 is 0 Å². The third kappa shape index (κ3) is 6.51. The lowest BCUT2D eigenvalue weighted by Crippen LogP contribution is -2.35. The summed E-state index contributed by atoms with van der Waals surface area (Å²) in [6.45, 7) is 8.55. The van der Waals surface area contributed by atoms with Crippen molar-refractivity contribution in [3.63, 3.8) is 0 Å². The van der Waals surface area contributed by atoms with Crippen molar-refractivity contribution >= 4 is 0 Å². The average Bonchev–Trinajstić information content (AvgIpc) is 2.26. The van der Waals surface area contributed by atoms with Gasteiger partial charge < -0.3 is 15.0 Å². The van der Waals surface area contributed by atoms with Gasteiger partial charge in [-0.15, -0.1) is 0 Å². The quantitative estimate of drug-likeness (QED) is 0.827. The number of nitrogens with one attached hydrogen (secondary N) is 1. The first-order chi connectivity index (χ1) is 8.37. The van der Waals surface area contributed by atoms with E-state index >= 15 is 0 Å². The standard InChI is InChI=1S/C13H24N4O/c1-13(2,3)15-9-11-8-14-10-12(16-11)18-7-6-17(4)5/h8,10,15H,6-7,9H2,1-5H3. The molecule has 0 aliphatic heterocycles. The maximum Gasteiger partial charge on any atom is 0.232 e. The molecule has 1 rings (SSSR count). The Morgan fingerprint density at radius 3 is 2.61 bits per heavy atom. The summed E-state index contributed by atoms with van der Waals surface area (Å²) in [6, 6.07) is 0. The number of aromatic nitrogens is 2. The summed E-state index contributed by atoms with van der Waals surface area (Å²) in [7, 11) is 4.03. The van der Waals surface area contributed by atoms with Gasteiger partial charge in [0.25, 0.3) is 0 Å². The lowest BCUT2D eigenvalue weighted by molar-refractivity contribution is 0.252. The topological polar surface area (TPSA) is 50.3 Å². The summed E-state index contributed by atoms with van der Waals surface area (Å²) in [5, 5.41) is 3.37. The Morgan fingerprint density at radius 2 is 2.00 bits per heavy atom. The van der Waals surface area contributed by atoms with E-state index in [0.29, 0.717) is 19.0 Å². The second-order valence-corrected chi connectivity index (χ2v) is 5.60. The van der Waals surface area contributed by atoms with Crippen molar-refractivity contribution in [2.24, 2.45) is 0 Å². The lowest BCUT2D eigenvalue weighted by atomic mass is 10.1. The van der Waals surface area contributed by atoms with Crippen molar-refractivity contribution in [1.82, 2.24) is 20.2 Å². The molecule has 0 aliphatic rings. The van der Waals surface area contributed by atoms with Crippen LogP contribution >= 0.6 is 0 Å². The highest BCUT2D eigenvalue weighted by Gasteiger charge is 2.09. The van der Waals surface area contributed by atoms with Crippen LogP contribution in [-0.4, -0.2) is 47.7 Å². The van der Waals surface area contributed by atoms with E-state index in [1.807, 2.05) is 14.1 Å². The number of rotatable bonds is 6. The van der Waals surface area contributed by atoms with Crippen molar-refractivity contribution in [3.05, 3.63) is 18.1 Å². The number of likely N-dealkylation sites (N-methyl/N-ethyl adjacent to an activating group) is 1. The van der Waals surface area contributed by atoms with E-state index in [4.69, 9.17) is 4.74 Å². The van der Waals surface area contributed by atoms with Gasteiger partial charge in [-0.25, -0.2) is 4.98 Å². The highest BCUT2D eigenvalue weighted by Crippen LogP contribution is 2.07. The summed E-state index contributed by atoms with van der Waals surface area (Å²) in [6.07, 6.45) is 3.41.